The van der Waals surface area contributed by atoms with Crippen LogP contribution in [0.1, 0.15) is 21.4 Å². The predicted molar refractivity (Wildman–Crippen MR) is 46.5 cm³/mol. The first-order chi connectivity index (χ1) is 6.46. The van der Waals surface area contributed by atoms with E-state index in [1.54, 1.807) is 0 Å². The lowest BCUT2D eigenvalue weighted by atomic mass is 10.1. The maximum absolute atomic E-state index is 10.5. The maximum Gasteiger partial charge on any atom is 0.169 e. The van der Waals surface area contributed by atoms with Gasteiger partial charge in [0.25, 0.3) is 0 Å². The molecule has 5 nitrogen and oxygen atoms in total. The van der Waals surface area contributed by atoms with Crippen LogP contribution in [0.4, 0.5) is 0 Å². The Labute approximate surface area is 80.7 Å². The molecule has 0 saturated heterocycles. The zero-order valence-corrected chi connectivity index (χ0v) is 7.77. The van der Waals surface area contributed by atoms with E-state index in [1.807, 2.05) is 0 Å². The second kappa shape index (κ2) is 3.87. The fraction of sp³-hybridized carbons (Fsp3) is 0.125. The van der Waals surface area contributed by atoms with Crippen molar-refractivity contribution in [2.45, 2.75) is 5.44 Å². The Balaban J connectivity index is 3.26. The number of aldehydes is 1. The minimum Gasteiger partial charge on any atom is -0.746 e. The molecule has 0 fully saturated rings. The normalized spacial score (nSPS) is 13.6. The first-order valence-electron chi connectivity index (χ1n) is 3.63. The van der Waals surface area contributed by atoms with Gasteiger partial charge in [-0.1, -0.05) is 24.3 Å². The number of carbonyl (C=O) groups is 1. The van der Waals surface area contributed by atoms with Gasteiger partial charge in [0.1, 0.15) is 16.4 Å². The summed E-state index contributed by atoms with van der Waals surface area (Å²) in [6.07, 6.45) is 0.379. The molecule has 1 unspecified atom stereocenters. The van der Waals surface area contributed by atoms with Gasteiger partial charge in [0.15, 0.2) is 5.44 Å². The Morgan fingerprint density at radius 3 is 2.43 bits per heavy atom. The molecule has 0 aliphatic carbocycles. The lowest BCUT2D eigenvalue weighted by Crippen LogP contribution is -2.13. The maximum atomic E-state index is 10.5. The van der Waals surface area contributed by atoms with Crippen molar-refractivity contribution in [2.24, 2.45) is 0 Å². The minimum atomic E-state index is -4.84. The molecule has 1 aromatic carbocycles. The molecule has 1 aromatic rings. The number of hydrogen-bond acceptors (Lipinski definition) is 5. The smallest absolute Gasteiger partial charge is 0.169 e. The lowest BCUT2D eigenvalue weighted by molar-refractivity contribution is 0.112. The van der Waals surface area contributed by atoms with Crippen LogP contribution in [-0.4, -0.2) is 24.4 Å². The fourth-order valence-electron chi connectivity index (χ4n) is 0.999. The molecule has 0 radical (unpaired) electrons. The molecule has 1 rings (SSSR count). The highest BCUT2D eigenvalue weighted by Crippen LogP contribution is 2.20. The number of rotatable bonds is 3. The molecule has 0 bridgehead atoms. The highest BCUT2D eigenvalue weighted by atomic mass is 32.2. The van der Waals surface area contributed by atoms with Gasteiger partial charge < -0.3 is 9.66 Å². The van der Waals surface area contributed by atoms with Gasteiger partial charge in [-0.3, -0.25) is 4.79 Å². The summed E-state index contributed by atoms with van der Waals surface area (Å²) >= 11 is 0. The monoisotopic (exact) mass is 215 g/mol. The summed E-state index contributed by atoms with van der Waals surface area (Å²) in [6, 6.07) is 5.45. The van der Waals surface area contributed by atoms with Gasteiger partial charge >= 0.3 is 0 Å². The number of aliphatic hydroxyl groups excluding tert-OH is 1. The molecule has 0 heterocycles. The van der Waals surface area contributed by atoms with Crippen molar-refractivity contribution in [1.82, 2.24) is 0 Å². The van der Waals surface area contributed by atoms with Crippen LogP contribution in [0.2, 0.25) is 0 Å². The highest BCUT2D eigenvalue weighted by Gasteiger charge is 2.17. The second-order valence-electron chi connectivity index (χ2n) is 2.59. The summed E-state index contributed by atoms with van der Waals surface area (Å²) in [5.74, 6) is 0. The van der Waals surface area contributed by atoms with Crippen LogP contribution in [-0.2, 0) is 10.1 Å². The van der Waals surface area contributed by atoms with Crippen molar-refractivity contribution < 1.29 is 22.9 Å². The SMILES string of the molecule is O=Cc1ccccc1C(O)S(=O)(=O)[O-]. The third kappa shape index (κ3) is 2.16. The van der Waals surface area contributed by atoms with E-state index in [-0.39, 0.29) is 11.1 Å². The predicted octanol–water partition coefficient (Wildman–Crippen LogP) is 0.0352. The molecule has 1 N–H and O–H groups in total. The average Bonchev–Trinajstić information content (AvgIpc) is 2.15. The second-order valence-corrected chi connectivity index (χ2v) is 4.02. The van der Waals surface area contributed by atoms with E-state index < -0.39 is 15.6 Å². The summed E-state index contributed by atoms with van der Waals surface area (Å²) < 4.78 is 31.4. The largest absolute Gasteiger partial charge is 0.746 e. The van der Waals surface area contributed by atoms with E-state index in [0.717, 1.165) is 0 Å². The number of benzene rings is 1. The van der Waals surface area contributed by atoms with Gasteiger partial charge in [0.05, 0.1) is 0 Å². The Hall–Kier alpha value is -1.24. The molecule has 0 amide bonds. The Kier molecular flexibility index (Phi) is 3.00. The minimum absolute atomic E-state index is 0.0144. The van der Waals surface area contributed by atoms with Crippen LogP contribution in [0.5, 0.6) is 0 Å². The molecule has 14 heavy (non-hydrogen) atoms. The summed E-state index contributed by atoms with van der Waals surface area (Å²) in [6.45, 7) is 0. The van der Waals surface area contributed by atoms with Gasteiger partial charge in [-0.05, 0) is 0 Å². The van der Waals surface area contributed by atoms with Crippen LogP contribution in [0.15, 0.2) is 24.3 Å². The zero-order valence-electron chi connectivity index (χ0n) is 6.95. The standard InChI is InChI=1S/C8H8O5S/c9-5-6-3-1-2-4-7(6)8(10)14(11,12)13/h1-5,8,10H,(H,11,12,13)/p-1. The first-order valence-corrected chi connectivity index (χ1v) is 5.11. The Bertz CT molecular complexity index is 437. The molecule has 0 aliphatic heterocycles. The molecule has 0 aromatic heterocycles. The van der Waals surface area contributed by atoms with Gasteiger partial charge in [0.2, 0.25) is 0 Å². The number of carbonyl (C=O) groups excluding carboxylic acids is 1. The quantitative estimate of drug-likeness (QED) is 0.567. The van der Waals surface area contributed by atoms with Crippen molar-refractivity contribution in [1.29, 1.82) is 0 Å². The molecular formula is C8H7O5S-. The lowest BCUT2D eigenvalue weighted by Gasteiger charge is -2.16. The van der Waals surface area contributed by atoms with Crippen LogP contribution < -0.4 is 0 Å². The summed E-state index contributed by atoms with van der Waals surface area (Å²) in [7, 11) is -4.84. The van der Waals surface area contributed by atoms with Crippen molar-refractivity contribution >= 4 is 16.4 Å². The van der Waals surface area contributed by atoms with E-state index in [4.69, 9.17) is 5.11 Å². The third-order valence-electron chi connectivity index (χ3n) is 1.66. The van der Waals surface area contributed by atoms with Gasteiger partial charge in [-0.15, -0.1) is 0 Å². The van der Waals surface area contributed by atoms with Crippen LogP contribution >= 0.6 is 0 Å². The topological polar surface area (TPSA) is 94.5 Å². The number of hydrogen-bond donors (Lipinski definition) is 1. The summed E-state index contributed by atoms with van der Waals surface area (Å²) in [5.41, 5.74) is -2.40. The van der Waals surface area contributed by atoms with Crippen LogP contribution in [0.3, 0.4) is 0 Å². The van der Waals surface area contributed by atoms with Gasteiger partial charge in [-0.25, -0.2) is 8.42 Å². The number of aliphatic hydroxyl groups is 1. The van der Waals surface area contributed by atoms with Crippen molar-refractivity contribution in [3.63, 3.8) is 0 Å². The average molecular weight is 215 g/mol. The Morgan fingerprint density at radius 1 is 1.36 bits per heavy atom. The first kappa shape index (κ1) is 10.8. The molecule has 0 aliphatic rings. The van der Waals surface area contributed by atoms with E-state index in [1.165, 1.54) is 24.3 Å². The third-order valence-corrected chi connectivity index (χ3v) is 2.46. The van der Waals surface area contributed by atoms with E-state index in [9.17, 15) is 17.8 Å². The van der Waals surface area contributed by atoms with Gasteiger partial charge in [0, 0.05) is 11.1 Å². The molecule has 76 valence electrons. The molecule has 0 spiro atoms. The van der Waals surface area contributed by atoms with Crippen molar-refractivity contribution in [3.05, 3.63) is 35.4 Å². The van der Waals surface area contributed by atoms with Crippen LogP contribution in [0, 0.1) is 0 Å². The van der Waals surface area contributed by atoms with Crippen molar-refractivity contribution in [2.75, 3.05) is 0 Å². The van der Waals surface area contributed by atoms with E-state index >= 15 is 0 Å². The molecular weight excluding hydrogens is 208 g/mol. The highest BCUT2D eigenvalue weighted by molar-refractivity contribution is 7.85. The molecule has 6 heteroatoms. The van der Waals surface area contributed by atoms with Crippen LogP contribution in [0.25, 0.3) is 0 Å². The fourth-order valence-corrected chi connectivity index (χ4v) is 1.52. The Morgan fingerprint density at radius 2 is 1.93 bits per heavy atom. The van der Waals surface area contributed by atoms with E-state index in [0.29, 0.717) is 6.29 Å². The zero-order chi connectivity index (χ0) is 10.8. The molecule has 1 atom stereocenters. The van der Waals surface area contributed by atoms with E-state index in [2.05, 4.69) is 0 Å². The van der Waals surface area contributed by atoms with Crippen molar-refractivity contribution in [3.8, 4) is 0 Å². The molecule has 0 saturated carbocycles. The summed E-state index contributed by atoms with van der Waals surface area (Å²) in [5, 5.41) is 9.11. The van der Waals surface area contributed by atoms with Gasteiger partial charge in [-0.2, -0.15) is 0 Å². The summed E-state index contributed by atoms with van der Waals surface area (Å²) in [4.78, 5) is 10.5.